The minimum Gasteiger partial charge on any atom is -0.368 e. The van der Waals surface area contributed by atoms with Crippen LogP contribution in [0.4, 0.5) is 5.82 Å². The molecule has 3 rings (SSSR count). The van der Waals surface area contributed by atoms with Gasteiger partial charge in [0, 0.05) is 26.2 Å². The number of nitrogens with two attached hydrogens (primary N) is 1. The van der Waals surface area contributed by atoms with Crippen molar-refractivity contribution >= 4 is 33.3 Å². The van der Waals surface area contributed by atoms with Crippen molar-refractivity contribution < 1.29 is 4.79 Å². The summed E-state index contributed by atoms with van der Waals surface area (Å²) in [6.07, 6.45) is 2.39. The van der Waals surface area contributed by atoms with Gasteiger partial charge in [-0.05, 0) is 17.9 Å². The lowest BCUT2D eigenvalue weighted by atomic mass is 10.1. The number of hydrogen-bond donors (Lipinski definition) is 1. The average molecular weight is 305 g/mol. The largest absolute Gasteiger partial charge is 0.368 e. The number of anilines is 1. The maximum Gasteiger partial charge on any atom is 0.234 e. The van der Waals surface area contributed by atoms with Gasteiger partial charge >= 0.3 is 0 Å². The zero-order valence-corrected chi connectivity index (χ0v) is 12.8. The third-order valence-corrected chi connectivity index (χ3v) is 4.83. The fourth-order valence-corrected chi connectivity index (χ4v) is 3.64. The molecule has 1 amide bonds. The van der Waals surface area contributed by atoms with E-state index < -0.39 is 0 Å². The highest BCUT2D eigenvalue weighted by molar-refractivity contribution is 7.16. The molecule has 1 unspecified atom stereocenters. The summed E-state index contributed by atoms with van der Waals surface area (Å²) in [7, 11) is 0. The molecule has 2 aromatic heterocycles. The molecule has 1 aliphatic rings. The minimum absolute atomic E-state index is 0.154. The molecule has 7 heteroatoms. The van der Waals surface area contributed by atoms with Crippen molar-refractivity contribution in [1.29, 1.82) is 0 Å². The first-order chi connectivity index (χ1) is 10.2. The van der Waals surface area contributed by atoms with E-state index in [1.165, 1.54) is 0 Å². The molecule has 2 N–H and O–H groups in total. The molecule has 0 saturated carbocycles. The van der Waals surface area contributed by atoms with Crippen LogP contribution in [0.15, 0.2) is 17.8 Å². The van der Waals surface area contributed by atoms with Crippen LogP contribution in [-0.4, -0.2) is 53.0 Å². The van der Waals surface area contributed by atoms with Crippen LogP contribution in [0.3, 0.4) is 0 Å². The topological polar surface area (TPSA) is 75.4 Å². The maximum absolute atomic E-state index is 11.5. The summed E-state index contributed by atoms with van der Waals surface area (Å²) in [4.78, 5) is 25.6. The van der Waals surface area contributed by atoms with Crippen LogP contribution >= 0.6 is 11.3 Å². The van der Waals surface area contributed by atoms with E-state index in [1.807, 2.05) is 12.3 Å². The SMILES string of the molecule is CCC(C(N)=O)N1CCN(c2ncnc3sccc23)CC1. The Kier molecular flexibility index (Phi) is 4.03. The normalized spacial score (nSPS) is 18.0. The van der Waals surface area contributed by atoms with Crippen LogP contribution in [0.2, 0.25) is 0 Å². The molecule has 112 valence electrons. The van der Waals surface area contributed by atoms with E-state index >= 15 is 0 Å². The molecule has 1 saturated heterocycles. The number of thiophene rings is 1. The van der Waals surface area contributed by atoms with Crippen LogP contribution in [-0.2, 0) is 4.79 Å². The van der Waals surface area contributed by atoms with E-state index in [2.05, 4.69) is 25.8 Å². The summed E-state index contributed by atoms with van der Waals surface area (Å²) < 4.78 is 0. The smallest absolute Gasteiger partial charge is 0.234 e. The van der Waals surface area contributed by atoms with Crippen molar-refractivity contribution in [2.24, 2.45) is 5.73 Å². The van der Waals surface area contributed by atoms with Crippen LogP contribution in [0.25, 0.3) is 10.2 Å². The number of fused-ring (bicyclic) bond motifs is 1. The molecule has 0 aromatic carbocycles. The molecular formula is C14H19N5OS. The van der Waals surface area contributed by atoms with Gasteiger partial charge in [0.2, 0.25) is 5.91 Å². The third-order valence-electron chi connectivity index (χ3n) is 4.01. The zero-order chi connectivity index (χ0) is 14.8. The number of carbonyl (C=O) groups excluding carboxylic acids is 1. The van der Waals surface area contributed by atoms with Crippen LogP contribution in [0, 0.1) is 0 Å². The summed E-state index contributed by atoms with van der Waals surface area (Å²) >= 11 is 1.63. The van der Waals surface area contributed by atoms with Gasteiger partial charge in [-0.2, -0.15) is 0 Å². The first-order valence-electron chi connectivity index (χ1n) is 7.17. The Morgan fingerprint density at radius 2 is 2.14 bits per heavy atom. The predicted molar refractivity (Wildman–Crippen MR) is 84.5 cm³/mol. The second-order valence-corrected chi connectivity index (χ2v) is 6.08. The van der Waals surface area contributed by atoms with E-state index in [4.69, 9.17) is 5.73 Å². The second-order valence-electron chi connectivity index (χ2n) is 5.19. The quantitative estimate of drug-likeness (QED) is 0.915. The van der Waals surface area contributed by atoms with Gasteiger partial charge in [0.25, 0.3) is 0 Å². The monoisotopic (exact) mass is 305 g/mol. The number of nitrogens with zero attached hydrogens (tertiary/aromatic N) is 4. The van der Waals surface area contributed by atoms with Crippen LogP contribution in [0.1, 0.15) is 13.3 Å². The molecule has 0 bridgehead atoms. The molecule has 6 nitrogen and oxygen atoms in total. The van der Waals surface area contributed by atoms with Crippen LogP contribution < -0.4 is 10.6 Å². The second kappa shape index (κ2) is 5.95. The number of aromatic nitrogens is 2. The van der Waals surface area contributed by atoms with Crippen molar-refractivity contribution in [1.82, 2.24) is 14.9 Å². The molecule has 2 aromatic rings. The van der Waals surface area contributed by atoms with E-state index in [-0.39, 0.29) is 11.9 Å². The van der Waals surface area contributed by atoms with Crippen molar-refractivity contribution in [2.75, 3.05) is 31.1 Å². The lowest BCUT2D eigenvalue weighted by Gasteiger charge is -2.38. The Morgan fingerprint density at radius 1 is 1.38 bits per heavy atom. The summed E-state index contributed by atoms with van der Waals surface area (Å²) in [5.74, 6) is 0.765. The van der Waals surface area contributed by atoms with Gasteiger partial charge in [0.15, 0.2) is 0 Å². The summed E-state index contributed by atoms with van der Waals surface area (Å²) in [5.41, 5.74) is 5.47. The zero-order valence-electron chi connectivity index (χ0n) is 12.0. The molecule has 1 atom stereocenters. The first-order valence-corrected chi connectivity index (χ1v) is 8.05. The van der Waals surface area contributed by atoms with Gasteiger partial charge in [-0.3, -0.25) is 9.69 Å². The highest BCUT2D eigenvalue weighted by Gasteiger charge is 2.27. The fraction of sp³-hybridized carbons (Fsp3) is 0.500. The standard InChI is InChI=1S/C14H19N5OS/c1-2-11(12(15)20)18-4-6-19(7-5-18)13-10-3-8-21-14(10)17-9-16-13/h3,8-9,11H,2,4-7H2,1H3,(H2,15,20). The van der Waals surface area contributed by atoms with E-state index in [0.717, 1.165) is 48.6 Å². The lowest BCUT2D eigenvalue weighted by molar-refractivity contribution is -0.123. The number of amides is 1. The van der Waals surface area contributed by atoms with Crippen molar-refractivity contribution in [3.8, 4) is 0 Å². The number of piperazine rings is 1. The van der Waals surface area contributed by atoms with E-state index in [1.54, 1.807) is 17.7 Å². The Morgan fingerprint density at radius 3 is 2.81 bits per heavy atom. The van der Waals surface area contributed by atoms with Crippen molar-refractivity contribution in [3.63, 3.8) is 0 Å². The molecule has 1 aliphatic heterocycles. The summed E-state index contributed by atoms with van der Waals surface area (Å²) in [6.45, 7) is 5.37. The molecule has 3 heterocycles. The Labute approximate surface area is 127 Å². The maximum atomic E-state index is 11.5. The highest BCUT2D eigenvalue weighted by Crippen LogP contribution is 2.27. The first kappa shape index (κ1) is 14.2. The van der Waals surface area contributed by atoms with E-state index in [0.29, 0.717) is 0 Å². The van der Waals surface area contributed by atoms with Gasteiger partial charge in [-0.1, -0.05) is 6.92 Å². The van der Waals surface area contributed by atoms with Gasteiger partial charge in [-0.15, -0.1) is 11.3 Å². The lowest BCUT2D eigenvalue weighted by Crippen LogP contribution is -2.54. The van der Waals surface area contributed by atoms with Gasteiger partial charge < -0.3 is 10.6 Å². The van der Waals surface area contributed by atoms with Gasteiger partial charge in [-0.25, -0.2) is 9.97 Å². The summed E-state index contributed by atoms with van der Waals surface area (Å²) in [5, 5.41) is 3.15. The van der Waals surface area contributed by atoms with Crippen LogP contribution in [0.5, 0.6) is 0 Å². The molecule has 0 radical (unpaired) electrons. The third kappa shape index (κ3) is 2.71. The number of carbonyl (C=O) groups is 1. The molecule has 1 fully saturated rings. The van der Waals surface area contributed by atoms with Crippen molar-refractivity contribution in [3.05, 3.63) is 17.8 Å². The van der Waals surface area contributed by atoms with E-state index in [9.17, 15) is 4.79 Å². The Hall–Kier alpha value is -1.73. The Bertz CT molecular complexity index is 635. The minimum atomic E-state index is -0.229. The number of hydrogen-bond acceptors (Lipinski definition) is 6. The average Bonchev–Trinajstić information content (AvgIpc) is 2.97. The van der Waals surface area contributed by atoms with Gasteiger partial charge in [0.1, 0.15) is 17.0 Å². The predicted octanol–water partition coefficient (Wildman–Crippen LogP) is 1.08. The Balaban J connectivity index is 1.74. The highest BCUT2D eigenvalue weighted by atomic mass is 32.1. The molecule has 0 spiro atoms. The van der Waals surface area contributed by atoms with Crippen molar-refractivity contribution in [2.45, 2.75) is 19.4 Å². The fourth-order valence-electron chi connectivity index (χ4n) is 2.91. The summed E-state index contributed by atoms with van der Waals surface area (Å²) in [6, 6.07) is 1.92. The van der Waals surface area contributed by atoms with Gasteiger partial charge in [0.05, 0.1) is 11.4 Å². The molecule has 21 heavy (non-hydrogen) atoms. The molecular weight excluding hydrogens is 286 g/mol. The number of rotatable bonds is 4. The molecule has 0 aliphatic carbocycles. The number of primary amides is 1.